The van der Waals surface area contributed by atoms with Gasteiger partial charge in [-0.3, -0.25) is 0 Å². The summed E-state index contributed by atoms with van der Waals surface area (Å²) in [5.74, 6) is 0.0846. The summed E-state index contributed by atoms with van der Waals surface area (Å²) in [4.78, 5) is 11.3. The third kappa shape index (κ3) is 9.28. The molecule has 2 rings (SSSR count). The molecule has 0 spiro atoms. The first-order valence-corrected chi connectivity index (χ1v) is 12.1. The summed E-state index contributed by atoms with van der Waals surface area (Å²) in [7, 11) is 0. The van der Waals surface area contributed by atoms with Crippen LogP contribution in [-0.4, -0.2) is 46.7 Å². The van der Waals surface area contributed by atoms with Crippen LogP contribution in [-0.2, 0) is 14.3 Å². The predicted molar refractivity (Wildman–Crippen MR) is 132 cm³/mol. The maximum atomic E-state index is 11.3. The first-order valence-electron chi connectivity index (χ1n) is 12.1. The molecule has 0 unspecified atom stereocenters. The van der Waals surface area contributed by atoms with E-state index in [9.17, 15) is 15.0 Å². The Kier molecular flexibility index (Phi) is 11.6. The van der Waals surface area contributed by atoms with Crippen molar-refractivity contribution in [2.75, 3.05) is 0 Å². The largest absolute Gasteiger partial charge is 0.455 e. The van der Waals surface area contributed by atoms with Gasteiger partial charge in [0.05, 0.1) is 24.4 Å². The highest BCUT2D eigenvalue weighted by atomic mass is 16.5. The fraction of sp³-hybridized carbons (Fsp3) is 0.536. The summed E-state index contributed by atoms with van der Waals surface area (Å²) < 4.78 is 11.2. The number of carbonyl (C=O) groups is 1. The number of hydrogen-bond donors (Lipinski definition) is 2. The fourth-order valence-corrected chi connectivity index (χ4v) is 3.97. The van der Waals surface area contributed by atoms with Crippen LogP contribution in [0, 0.1) is 11.8 Å². The fourth-order valence-electron chi connectivity index (χ4n) is 3.97. The van der Waals surface area contributed by atoms with Gasteiger partial charge in [-0.2, -0.15) is 0 Å². The van der Waals surface area contributed by atoms with Crippen LogP contribution in [0.5, 0.6) is 0 Å². The van der Waals surface area contributed by atoms with Crippen molar-refractivity contribution in [2.24, 2.45) is 11.8 Å². The van der Waals surface area contributed by atoms with E-state index in [1.54, 1.807) is 6.08 Å². The normalized spacial score (nSPS) is 31.2. The van der Waals surface area contributed by atoms with Crippen molar-refractivity contribution >= 4 is 5.97 Å². The summed E-state index contributed by atoms with van der Waals surface area (Å²) in [6.07, 6.45) is 21.9. The van der Waals surface area contributed by atoms with Crippen molar-refractivity contribution in [3.8, 4) is 0 Å². The lowest BCUT2D eigenvalue weighted by molar-refractivity contribution is -0.141. The van der Waals surface area contributed by atoms with Crippen LogP contribution in [0.4, 0.5) is 0 Å². The standard InChI is InChI=1S/C28H40O5/c1-5-11-26-21(4)25(30)19-27(33-26)24(29)14-9-7-8-12-20(3)18-22(6-2)16-17-23-13-10-15-28(31)32-23/h5,7-11,14-18,20-21,23-27,29-30H,6,12-13,19H2,1-4H3/b8-7+,11-5+,14-9+,17-16+,22-18-/t20-,21+,23-,24-,25-,26+,27+/m1/s1. The van der Waals surface area contributed by atoms with Crippen LogP contribution in [0.3, 0.4) is 0 Å². The van der Waals surface area contributed by atoms with Crippen LogP contribution in [0.1, 0.15) is 53.4 Å². The Hall–Kier alpha value is -2.21. The van der Waals surface area contributed by atoms with E-state index in [-0.39, 0.29) is 24.1 Å². The highest BCUT2D eigenvalue weighted by Crippen LogP contribution is 2.28. The van der Waals surface area contributed by atoms with Crippen LogP contribution >= 0.6 is 0 Å². The molecule has 0 aromatic rings. The van der Waals surface area contributed by atoms with Gasteiger partial charge in [0.25, 0.3) is 0 Å². The average Bonchev–Trinajstić information content (AvgIpc) is 2.79. The van der Waals surface area contributed by atoms with E-state index in [0.29, 0.717) is 12.3 Å². The summed E-state index contributed by atoms with van der Waals surface area (Å²) in [6, 6.07) is 0. The van der Waals surface area contributed by atoms with Gasteiger partial charge in [-0.15, -0.1) is 0 Å². The van der Waals surface area contributed by atoms with Gasteiger partial charge in [-0.1, -0.05) is 81.0 Å². The van der Waals surface area contributed by atoms with Gasteiger partial charge in [-0.05, 0) is 31.8 Å². The molecular formula is C28H40O5. The Labute approximate surface area is 198 Å². The molecule has 0 bridgehead atoms. The zero-order chi connectivity index (χ0) is 24.2. The third-order valence-electron chi connectivity index (χ3n) is 6.08. The number of ether oxygens (including phenoxy) is 2. The molecule has 0 aliphatic carbocycles. The summed E-state index contributed by atoms with van der Waals surface area (Å²) in [5, 5.41) is 20.8. The number of carbonyl (C=O) groups excluding carboxylic acids is 1. The molecule has 182 valence electrons. The molecule has 7 atom stereocenters. The Morgan fingerprint density at radius 1 is 1.30 bits per heavy atom. The third-order valence-corrected chi connectivity index (χ3v) is 6.08. The van der Waals surface area contributed by atoms with Crippen molar-refractivity contribution in [1.29, 1.82) is 0 Å². The first kappa shape index (κ1) is 27.0. The second-order valence-corrected chi connectivity index (χ2v) is 8.91. The molecular weight excluding hydrogens is 416 g/mol. The SMILES string of the molecule is C/C=C/[C@@H]1O[C@H]([C@H](O)/C=C/C=C/C[C@@H](C)/C=C(\C=C\[C@H]2CC=CC(=O)O2)CC)C[C@@H](O)[C@@H]1C. The van der Waals surface area contributed by atoms with Gasteiger partial charge in [0.1, 0.15) is 6.10 Å². The van der Waals surface area contributed by atoms with Gasteiger partial charge in [0, 0.05) is 24.8 Å². The van der Waals surface area contributed by atoms with Gasteiger partial charge in [-0.25, -0.2) is 4.79 Å². The van der Waals surface area contributed by atoms with Crippen LogP contribution in [0.2, 0.25) is 0 Å². The van der Waals surface area contributed by atoms with Gasteiger partial charge in [0.15, 0.2) is 0 Å². The van der Waals surface area contributed by atoms with Crippen molar-refractivity contribution in [3.63, 3.8) is 0 Å². The van der Waals surface area contributed by atoms with Crippen molar-refractivity contribution < 1.29 is 24.5 Å². The molecule has 1 fully saturated rings. The van der Waals surface area contributed by atoms with Crippen molar-refractivity contribution in [2.45, 2.75) is 83.9 Å². The lowest BCUT2D eigenvalue weighted by Crippen LogP contribution is -2.46. The Bertz CT molecular complexity index is 788. The molecule has 2 aliphatic heterocycles. The molecule has 0 aromatic carbocycles. The molecule has 33 heavy (non-hydrogen) atoms. The minimum absolute atomic E-state index is 0.0143. The number of esters is 1. The Morgan fingerprint density at radius 2 is 2.09 bits per heavy atom. The second-order valence-electron chi connectivity index (χ2n) is 8.91. The quantitative estimate of drug-likeness (QED) is 0.275. The van der Waals surface area contributed by atoms with Crippen molar-refractivity contribution in [1.82, 2.24) is 0 Å². The minimum Gasteiger partial charge on any atom is -0.455 e. The summed E-state index contributed by atoms with van der Waals surface area (Å²) in [6.45, 7) is 8.17. The molecule has 0 aromatic heterocycles. The molecule has 0 saturated carbocycles. The molecule has 2 N–H and O–H groups in total. The van der Waals surface area contributed by atoms with Gasteiger partial charge < -0.3 is 19.7 Å². The number of hydrogen-bond acceptors (Lipinski definition) is 5. The molecule has 1 saturated heterocycles. The molecule has 2 heterocycles. The second kappa shape index (κ2) is 14.1. The van der Waals surface area contributed by atoms with Gasteiger partial charge >= 0.3 is 5.97 Å². The topological polar surface area (TPSA) is 76.0 Å². The highest BCUT2D eigenvalue weighted by molar-refractivity contribution is 5.82. The van der Waals surface area contributed by atoms with Crippen LogP contribution in [0.15, 0.2) is 72.4 Å². The summed E-state index contributed by atoms with van der Waals surface area (Å²) in [5.41, 5.74) is 1.21. The van der Waals surface area contributed by atoms with E-state index >= 15 is 0 Å². The minimum atomic E-state index is -0.762. The molecule has 2 aliphatic rings. The Morgan fingerprint density at radius 3 is 2.79 bits per heavy atom. The summed E-state index contributed by atoms with van der Waals surface area (Å²) >= 11 is 0. The molecule has 0 radical (unpaired) electrons. The monoisotopic (exact) mass is 456 g/mol. The zero-order valence-electron chi connectivity index (χ0n) is 20.3. The maximum Gasteiger partial charge on any atom is 0.331 e. The van der Waals surface area contributed by atoms with Crippen LogP contribution < -0.4 is 0 Å². The van der Waals surface area contributed by atoms with E-state index in [1.807, 2.05) is 56.4 Å². The predicted octanol–water partition coefficient (Wildman–Crippen LogP) is 4.98. The zero-order valence-corrected chi connectivity index (χ0v) is 20.3. The maximum absolute atomic E-state index is 11.3. The van der Waals surface area contributed by atoms with E-state index < -0.39 is 18.3 Å². The number of aliphatic hydroxyl groups excluding tert-OH is 2. The number of cyclic esters (lactones) is 1. The van der Waals surface area contributed by atoms with E-state index in [2.05, 4.69) is 26.0 Å². The number of allylic oxidation sites excluding steroid dienone is 7. The van der Waals surface area contributed by atoms with Gasteiger partial charge in [0.2, 0.25) is 0 Å². The lowest BCUT2D eigenvalue weighted by Gasteiger charge is -2.38. The lowest BCUT2D eigenvalue weighted by atomic mass is 9.88. The smallest absolute Gasteiger partial charge is 0.331 e. The number of aliphatic hydroxyl groups is 2. The highest BCUT2D eigenvalue weighted by Gasteiger charge is 2.35. The molecule has 5 nitrogen and oxygen atoms in total. The number of rotatable bonds is 10. The first-order chi connectivity index (χ1) is 15.8. The Balaban J connectivity index is 1.82. The molecule has 0 amide bonds. The molecule has 5 heteroatoms. The van der Waals surface area contributed by atoms with E-state index in [0.717, 1.165) is 19.3 Å². The van der Waals surface area contributed by atoms with E-state index in [4.69, 9.17) is 9.47 Å². The van der Waals surface area contributed by atoms with Crippen LogP contribution in [0.25, 0.3) is 0 Å². The van der Waals surface area contributed by atoms with E-state index in [1.165, 1.54) is 11.6 Å². The average molecular weight is 457 g/mol. The van der Waals surface area contributed by atoms with Crippen molar-refractivity contribution in [3.05, 3.63) is 72.4 Å².